The fourth-order valence-electron chi connectivity index (χ4n) is 3.19. The fraction of sp³-hybridized carbons (Fsp3) is 1.00. The minimum Gasteiger partial charge on any atom is -0.206 e. The Kier molecular flexibility index (Phi) is 8.75. The van der Waals surface area contributed by atoms with Crippen LogP contribution >= 0.6 is 0 Å². The molecule has 1 fully saturated rings. The molecule has 1 unspecified atom stereocenters. The number of halogens is 9. The highest BCUT2D eigenvalue weighted by molar-refractivity contribution is 8.05. The highest BCUT2D eigenvalue weighted by Gasteiger charge is 2.83. The van der Waals surface area contributed by atoms with Crippen molar-refractivity contribution in [1.82, 2.24) is 8.43 Å². The van der Waals surface area contributed by atoms with E-state index in [2.05, 4.69) is 0 Å². The maximum absolute atomic E-state index is 14.4. The summed E-state index contributed by atoms with van der Waals surface area (Å²) < 4.78 is 189. The Labute approximate surface area is 190 Å². The SMILES string of the molecule is CC(C)CC1CCCN(S(=O)(=O)C(F)(F)C(F)(F)C(F)(F)S(=O)(=O)NS(=O)(=O)C(F)(F)F)CC1. The number of nitrogens with one attached hydrogen (secondary N) is 1. The maximum Gasteiger partial charge on any atom is 0.512 e. The number of rotatable bonds is 9. The van der Waals surface area contributed by atoms with Crippen LogP contribution < -0.4 is 4.13 Å². The monoisotopic (exact) mass is 580 g/mol. The predicted molar refractivity (Wildman–Crippen MR) is 99.2 cm³/mol. The first-order valence-corrected chi connectivity index (χ1v) is 13.7. The van der Waals surface area contributed by atoms with Gasteiger partial charge in [-0.3, -0.25) is 0 Å². The highest BCUT2D eigenvalue weighted by Crippen LogP contribution is 2.51. The molecular weight excluding hydrogens is 559 g/mol. The van der Waals surface area contributed by atoms with E-state index in [-0.39, 0.29) is 35.4 Å². The molecule has 0 amide bonds. The molecule has 1 atom stereocenters. The smallest absolute Gasteiger partial charge is 0.206 e. The molecular formula is C14H21F9N2O6S3. The Balaban J connectivity index is 3.38. The summed E-state index contributed by atoms with van der Waals surface area (Å²) in [4.78, 5) is 0. The Hall–Kier alpha value is -0.860. The highest BCUT2D eigenvalue weighted by atomic mass is 32.3. The van der Waals surface area contributed by atoms with Crippen LogP contribution in [0.3, 0.4) is 0 Å². The van der Waals surface area contributed by atoms with Crippen molar-refractivity contribution in [3.05, 3.63) is 0 Å². The number of hydrogen-bond donors (Lipinski definition) is 1. The topological polar surface area (TPSA) is 118 Å². The summed E-state index contributed by atoms with van der Waals surface area (Å²) >= 11 is 0. The van der Waals surface area contributed by atoms with E-state index in [0.717, 1.165) is 0 Å². The van der Waals surface area contributed by atoms with Crippen molar-refractivity contribution in [1.29, 1.82) is 0 Å². The average Bonchev–Trinajstić information content (AvgIpc) is 2.84. The van der Waals surface area contributed by atoms with Crippen LogP contribution in [0.1, 0.15) is 39.5 Å². The van der Waals surface area contributed by atoms with E-state index >= 15 is 0 Å². The summed E-state index contributed by atoms with van der Waals surface area (Å²) in [7, 11) is -21.7. The minimum atomic E-state index is -7.77. The van der Waals surface area contributed by atoms with Gasteiger partial charge in [0.1, 0.15) is 0 Å². The summed E-state index contributed by atoms with van der Waals surface area (Å²) in [6, 6.07) is 0. The largest absolute Gasteiger partial charge is 0.512 e. The van der Waals surface area contributed by atoms with E-state index in [1.807, 2.05) is 0 Å². The Morgan fingerprint density at radius 2 is 1.29 bits per heavy atom. The zero-order valence-corrected chi connectivity index (χ0v) is 19.9. The molecule has 0 aromatic heterocycles. The van der Waals surface area contributed by atoms with Crippen LogP contribution in [0.2, 0.25) is 0 Å². The molecule has 20 heteroatoms. The Morgan fingerprint density at radius 1 is 0.794 bits per heavy atom. The van der Waals surface area contributed by atoms with Crippen LogP contribution in [0.15, 0.2) is 0 Å². The van der Waals surface area contributed by atoms with Crippen molar-refractivity contribution in [2.24, 2.45) is 11.8 Å². The molecule has 0 aromatic rings. The standard InChI is InChI=1S/C14H21F9N2O6S3/c1-9(2)8-10-4-3-6-25(7-5-10)34(30,31)13(19,20)11(15,16)12(17,18)32(26,27)24-33(28,29)14(21,22)23/h9-10,24H,3-8H2,1-2H3. The van der Waals surface area contributed by atoms with E-state index < -0.39 is 69.2 Å². The maximum atomic E-state index is 14.4. The lowest BCUT2D eigenvalue weighted by Gasteiger charge is -2.34. The molecule has 1 saturated heterocycles. The van der Waals surface area contributed by atoms with Gasteiger partial charge < -0.3 is 0 Å². The summed E-state index contributed by atoms with van der Waals surface area (Å²) in [5, 5.41) is -14.2. The van der Waals surface area contributed by atoms with Crippen LogP contribution in [0.4, 0.5) is 39.5 Å². The van der Waals surface area contributed by atoms with Gasteiger partial charge in [-0.15, -0.1) is 0 Å². The fourth-order valence-corrected chi connectivity index (χ4v) is 7.16. The lowest BCUT2D eigenvalue weighted by molar-refractivity contribution is -0.245. The molecule has 1 N–H and O–H groups in total. The zero-order chi connectivity index (χ0) is 27.2. The second-order valence-electron chi connectivity index (χ2n) is 7.97. The molecule has 1 aliphatic rings. The van der Waals surface area contributed by atoms with Gasteiger partial charge in [0.15, 0.2) is 0 Å². The van der Waals surface area contributed by atoms with E-state index in [0.29, 0.717) is 6.42 Å². The van der Waals surface area contributed by atoms with E-state index in [4.69, 9.17) is 0 Å². The molecule has 204 valence electrons. The molecule has 1 rings (SSSR count). The van der Waals surface area contributed by atoms with Crippen LogP contribution in [0.25, 0.3) is 0 Å². The molecule has 34 heavy (non-hydrogen) atoms. The van der Waals surface area contributed by atoms with Gasteiger partial charge in [0.05, 0.1) is 0 Å². The molecule has 0 saturated carbocycles. The lowest BCUT2D eigenvalue weighted by Crippen LogP contribution is -2.65. The van der Waals surface area contributed by atoms with Crippen LogP contribution in [-0.2, 0) is 30.1 Å². The molecule has 1 aliphatic heterocycles. The summed E-state index contributed by atoms with van der Waals surface area (Å²) in [6.07, 6.45) is 0.559. The number of sulfonamides is 3. The van der Waals surface area contributed by atoms with Gasteiger partial charge >= 0.3 is 32.0 Å². The van der Waals surface area contributed by atoms with Crippen molar-refractivity contribution in [2.75, 3.05) is 13.1 Å². The van der Waals surface area contributed by atoms with E-state index in [1.165, 1.54) is 0 Å². The van der Waals surface area contributed by atoms with Crippen LogP contribution in [-0.4, -0.2) is 64.6 Å². The van der Waals surface area contributed by atoms with Crippen LogP contribution in [0, 0.1) is 11.8 Å². The first-order valence-electron chi connectivity index (χ1n) is 9.32. The van der Waals surface area contributed by atoms with Gasteiger partial charge in [-0.2, -0.15) is 43.8 Å². The minimum absolute atomic E-state index is 0.100. The molecule has 0 aliphatic carbocycles. The zero-order valence-electron chi connectivity index (χ0n) is 17.4. The first-order chi connectivity index (χ1) is 14.8. The Morgan fingerprint density at radius 3 is 1.74 bits per heavy atom. The van der Waals surface area contributed by atoms with Crippen molar-refractivity contribution in [3.63, 3.8) is 0 Å². The predicted octanol–water partition coefficient (Wildman–Crippen LogP) is 3.05. The normalized spacial score (nSPS) is 21.0. The summed E-state index contributed by atoms with van der Waals surface area (Å²) in [5.74, 6) is -7.51. The quantitative estimate of drug-likeness (QED) is 0.419. The second kappa shape index (κ2) is 9.55. The second-order valence-corrected chi connectivity index (χ2v) is 13.6. The van der Waals surface area contributed by atoms with Gasteiger partial charge in [0.2, 0.25) is 0 Å². The van der Waals surface area contributed by atoms with Crippen LogP contribution in [0.5, 0.6) is 0 Å². The van der Waals surface area contributed by atoms with E-state index in [9.17, 15) is 64.8 Å². The van der Waals surface area contributed by atoms with Crippen molar-refractivity contribution >= 4 is 30.1 Å². The molecule has 0 spiro atoms. The number of nitrogens with zero attached hydrogens (tertiary/aromatic N) is 1. The molecule has 1 heterocycles. The van der Waals surface area contributed by atoms with Crippen molar-refractivity contribution < 1.29 is 64.8 Å². The van der Waals surface area contributed by atoms with Gasteiger partial charge in [0, 0.05) is 13.1 Å². The van der Waals surface area contributed by atoms with Crippen molar-refractivity contribution in [2.45, 2.75) is 61.5 Å². The molecule has 0 radical (unpaired) electrons. The summed E-state index contributed by atoms with van der Waals surface area (Å²) in [6.45, 7) is 1.99. The van der Waals surface area contributed by atoms with Gasteiger partial charge in [-0.1, -0.05) is 18.0 Å². The summed E-state index contributed by atoms with van der Waals surface area (Å²) in [5.41, 5.74) is -6.61. The molecule has 8 nitrogen and oxygen atoms in total. The third kappa shape index (κ3) is 5.59. The lowest BCUT2D eigenvalue weighted by atomic mass is 9.91. The number of alkyl halides is 9. The first kappa shape index (κ1) is 31.2. The number of hydrogen-bond acceptors (Lipinski definition) is 6. The van der Waals surface area contributed by atoms with Gasteiger partial charge in [0.25, 0.3) is 20.0 Å². The molecule has 0 bridgehead atoms. The average molecular weight is 581 g/mol. The molecule has 0 aromatic carbocycles. The van der Waals surface area contributed by atoms with Crippen molar-refractivity contribution in [3.8, 4) is 0 Å². The van der Waals surface area contributed by atoms with E-state index in [1.54, 1.807) is 13.8 Å². The Bertz CT molecular complexity index is 1060. The third-order valence-electron chi connectivity index (χ3n) is 4.87. The van der Waals surface area contributed by atoms with Gasteiger partial charge in [-0.25, -0.2) is 25.3 Å². The van der Waals surface area contributed by atoms with Gasteiger partial charge in [-0.05, 0) is 37.5 Å². The third-order valence-corrected chi connectivity index (χ3v) is 10.1.